The maximum absolute atomic E-state index is 12.5. The fourth-order valence-electron chi connectivity index (χ4n) is 5.65. The second-order valence-electron chi connectivity index (χ2n) is 12.4. The zero-order valence-corrected chi connectivity index (χ0v) is 21.4. The van der Waals surface area contributed by atoms with Crippen molar-refractivity contribution in [3.63, 3.8) is 0 Å². The van der Waals surface area contributed by atoms with Crippen molar-refractivity contribution >= 4 is 17.4 Å². The molecule has 0 aliphatic carbocycles. The third-order valence-electron chi connectivity index (χ3n) is 7.27. The minimum Gasteiger partial charge on any atom is -0.370 e. The number of anilines is 2. The minimum atomic E-state index is -0.0292. The molecule has 31 heavy (non-hydrogen) atoms. The Hall–Kier alpha value is -1.62. The SMILES string of the molecule is Cc1cc2c(nc1NC(=O)CC(C)(C)C)CCCN2CC1CC(C)(C)N(C)C(C)(C)C1. The lowest BCUT2D eigenvalue weighted by Gasteiger charge is -2.54. The highest BCUT2D eigenvalue weighted by molar-refractivity contribution is 5.91. The molecule has 1 aromatic rings. The van der Waals surface area contributed by atoms with Crippen molar-refractivity contribution < 1.29 is 4.79 Å². The van der Waals surface area contributed by atoms with Crippen LogP contribution in [-0.2, 0) is 11.2 Å². The van der Waals surface area contributed by atoms with Gasteiger partial charge >= 0.3 is 0 Å². The molecule has 0 aromatic carbocycles. The van der Waals surface area contributed by atoms with E-state index in [0.29, 0.717) is 12.3 Å². The Morgan fingerprint density at radius 1 is 1.19 bits per heavy atom. The quantitative estimate of drug-likeness (QED) is 0.696. The summed E-state index contributed by atoms with van der Waals surface area (Å²) in [6, 6.07) is 2.25. The van der Waals surface area contributed by atoms with Crippen molar-refractivity contribution in [2.24, 2.45) is 11.3 Å². The zero-order chi connectivity index (χ0) is 23.2. The number of aryl methyl sites for hydroxylation is 2. The molecule has 0 saturated carbocycles. The summed E-state index contributed by atoms with van der Waals surface area (Å²) in [6.45, 7) is 20.0. The molecule has 1 amide bonds. The third kappa shape index (κ3) is 5.60. The fourth-order valence-corrected chi connectivity index (χ4v) is 5.65. The first-order valence-corrected chi connectivity index (χ1v) is 12.0. The number of hydrogen-bond donors (Lipinski definition) is 1. The van der Waals surface area contributed by atoms with Crippen LogP contribution in [0.4, 0.5) is 11.5 Å². The number of likely N-dealkylation sites (tertiary alicyclic amines) is 1. The molecule has 0 bridgehead atoms. The number of amides is 1. The first-order chi connectivity index (χ1) is 14.2. The van der Waals surface area contributed by atoms with Crippen molar-refractivity contribution in [1.29, 1.82) is 0 Å². The normalized spacial score (nSPS) is 21.6. The smallest absolute Gasteiger partial charge is 0.226 e. The van der Waals surface area contributed by atoms with Crippen LogP contribution in [0.1, 0.15) is 85.4 Å². The maximum atomic E-state index is 12.5. The number of fused-ring (bicyclic) bond motifs is 1. The molecule has 1 saturated heterocycles. The summed E-state index contributed by atoms with van der Waals surface area (Å²) in [5, 5.41) is 3.07. The molecule has 1 N–H and O–H groups in total. The van der Waals surface area contributed by atoms with Gasteiger partial charge in [0.05, 0.1) is 11.4 Å². The second kappa shape index (κ2) is 8.38. The highest BCUT2D eigenvalue weighted by Gasteiger charge is 2.43. The minimum absolute atomic E-state index is 0.0292. The molecule has 2 aliphatic heterocycles. The number of nitrogens with one attached hydrogen (secondary N) is 1. The van der Waals surface area contributed by atoms with Crippen LogP contribution in [0.2, 0.25) is 0 Å². The van der Waals surface area contributed by atoms with Crippen LogP contribution in [0.25, 0.3) is 0 Å². The molecule has 5 heteroatoms. The summed E-state index contributed by atoms with van der Waals surface area (Å²) in [5.74, 6) is 1.45. The van der Waals surface area contributed by atoms with E-state index in [1.807, 2.05) is 0 Å². The average Bonchev–Trinajstić information content (AvgIpc) is 2.59. The number of hydrogen-bond acceptors (Lipinski definition) is 4. The lowest BCUT2D eigenvalue weighted by molar-refractivity contribution is -0.117. The molecule has 0 atom stereocenters. The summed E-state index contributed by atoms with van der Waals surface area (Å²) in [6.07, 6.45) is 5.04. The van der Waals surface area contributed by atoms with Gasteiger partial charge in [0.25, 0.3) is 0 Å². The highest BCUT2D eigenvalue weighted by atomic mass is 16.1. The van der Waals surface area contributed by atoms with Gasteiger partial charge in [0.15, 0.2) is 0 Å². The summed E-state index contributed by atoms with van der Waals surface area (Å²) in [4.78, 5) is 22.5. The van der Waals surface area contributed by atoms with Crippen LogP contribution in [-0.4, -0.2) is 47.0 Å². The molecule has 5 nitrogen and oxygen atoms in total. The Bertz CT molecular complexity index is 803. The predicted octanol–water partition coefficient (Wildman–Crippen LogP) is 5.42. The van der Waals surface area contributed by atoms with Crippen LogP contribution in [0.3, 0.4) is 0 Å². The van der Waals surface area contributed by atoms with Gasteiger partial charge in [-0.25, -0.2) is 4.98 Å². The molecular weight excluding hydrogens is 384 g/mol. The summed E-state index contributed by atoms with van der Waals surface area (Å²) >= 11 is 0. The predicted molar refractivity (Wildman–Crippen MR) is 131 cm³/mol. The number of pyridine rings is 1. The van der Waals surface area contributed by atoms with Crippen molar-refractivity contribution in [2.75, 3.05) is 30.4 Å². The van der Waals surface area contributed by atoms with Crippen molar-refractivity contribution in [2.45, 2.75) is 98.6 Å². The van der Waals surface area contributed by atoms with Gasteiger partial charge in [-0.1, -0.05) is 20.8 Å². The molecule has 0 spiro atoms. The Morgan fingerprint density at radius 2 is 1.81 bits per heavy atom. The van der Waals surface area contributed by atoms with E-state index in [4.69, 9.17) is 4.98 Å². The van der Waals surface area contributed by atoms with Crippen molar-refractivity contribution in [3.05, 3.63) is 17.3 Å². The van der Waals surface area contributed by atoms with Crippen LogP contribution in [0.15, 0.2) is 6.07 Å². The van der Waals surface area contributed by atoms with Gasteiger partial charge in [0.1, 0.15) is 5.82 Å². The van der Waals surface area contributed by atoms with E-state index in [1.165, 1.54) is 18.5 Å². The number of carbonyl (C=O) groups is 1. The number of aromatic nitrogens is 1. The molecule has 1 fully saturated rings. The molecule has 1 aromatic heterocycles. The van der Waals surface area contributed by atoms with Crippen LogP contribution < -0.4 is 10.2 Å². The molecule has 2 aliphatic rings. The summed E-state index contributed by atoms with van der Waals surface area (Å²) < 4.78 is 0. The monoisotopic (exact) mass is 428 g/mol. The summed E-state index contributed by atoms with van der Waals surface area (Å²) in [5.41, 5.74) is 3.85. The van der Waals surface area contributed by atoms with E-state index < -0.39 is 0 Å². The van der Waals surface area contributed by atoms with Gasteiger partial charge in [-0.3, -0.25) is 9.69 Å². The maximum Gasteiger partial charge on any atom is 0.226 e. The molecule has 174 valence electrons. The van der Waals surface area contributed by atoms with Gasteiger partial charge in [-0.15, -0.1) is 0 Å². The Labute approximate surface area is 190 Å². The van der Waals surface area contributed by atoms with Crippen LogP contribution in [0.5, 0.6) is 0 Å². The Morgan fingerprint density at radius 3 is 2.39 bits per heavy atom. The largest absolute Gasteiger partial charge is 0.370 e. The van der Waals surface area contributed by atoms with Crippen LogP contribution in [0, 0.1) is 18.3 Å². The summed E-state index contributed by atoms with van der Waals surface area (Å²) in [7, 11) is 2.27. The molecule has 3 heterocycles. The van der Waals surface area contributed by atoms with Crippen LogP contribution >= 0.6 is 0 Å². The number of nitrogens with zero attached hydrogens (tertiary/aromatic N) is 3. The van der Waals surface area contributed by atoms with Crippen molar-refractivity contribution in [1.82, 2.24) is 9.88 Å². The number of piperidine rings is 1. The average molecular weight is 429 g/mol. The molecule has 0 radical (unpaired) electrons. The Balaban J connectivity index is 1.77. The molecular formula is C26H44N4O. The number of carbonyl (C=O) groups excluding carboxylic acids is 1. The molecule has 0 unspecified atom stereocenters. The van der Waals surface area contributed by atoms with Gasteiger partial charge < -0.3 is 10.2 Å². The van der Waals surface area contributed by atoms with E-state index in [-0.39, 0.29) is 22.4 Å². The second-order valence-corrected chi connectivity index (χ2v) is 12.4. The van der Waals surface area contributed by atoms with Gasteiger partial charge in [-0.05, 0) is 90.3 Å². The standard InChI is InChI=1S/C26H44N4O/c1-18-13-21-20(27-23(18)28-22(31)16-24(2,3)4)11-10-12-30(21)17-19-14-25(5,6)29(9)26(7,8)15-19/h13,19H,10-12,14-17H2,1-9H3,(H,27,28,31). The van der Waals surface area contributed by atoms with Crippen molar-refractivity contribution in [3.8, 4) is 0 Å². The fraction of sp³-hybridized carbons (Fsp3) is 0.769. The lowest BCUT2D eigenvalue weighted by atomic mass is 9.74. The van der Waals surface area contributed by atoms with E-state index >= 15 is 0 Å². The van der Waals surface area contributed by atoms with Gasteiger partial charge in [0.2, 0.25) is 5.91 Å². The third-order valence-corrected chi connectivity index (χ3v) is 7.27. The van der Waals surface area contributed by atoms with Gasteiger partial charge in [-0.2, -0.15) is 0 Å². The van der Waals surface area contributed by atoms with E-state index in [9.17, 15) is 4.79 Å². The first kappa shape index (κ1) is 24.0. The van der Waals surface area contributed by atoms with Gasteiger partial charge in [0, 0.05) is 30.6 Å². The first-order valence-electron chi connectivity index (χ1n) is 12.0. The van der Waals surface area contributed by atoms with E-state index in [1.54, 1.807) is 0 Å². The highest BCUT2D eigenvalue weighted by Crippen LogP contribution is 2.41. The van der Waals surface area contributed by atoms with E-state index in [0.717, 1.165) is 43.0 Å². The van der Waals surface area contributed by atoms with E-state index in [2.05, 4.69) is 83.6 Å². The Kier molecular flexibility index (Phi) is 6.50. The number of rotatable bonds is 4. The zero-order valence-electron chi connectivity index (χ0n) is 21.4. The lowest BCUT2D eigenvalue weighted by Crippen LogP contribution is -2.59. The molecule has 3 rings (SSSR count). The topological polar surface area (TPSA) is 48.5 Å².